The summed E-state index contributed by atoms with van der Waals surface area (Å²) in [6.07, 6.45) is 6.91. The van der Waals surface area contributed by atoms with Crippen molar-refractivity contribution in [1.29, 1.82) is 0 Å². The van der Waals surface area contributed by atoms with Crippen LogP contribution in [-0.2, 0) is 32.1 Å². The van der Waals surface area contributed by atoms with Crippen LogP contribution in [0.1, 0.15) is 55.9 Å². The molecule has 2 rings (SSSR count). The lowest BCUT2D eigenvalue weighted by Gasteiger charge is -2.27. The molecule has 1 unspecified atom stereocenters. The molecule has 0 aliphatic heterocycles. The van der Waals surface area contributed by atoms with Crippen molar-refractivity contribution in [1.82, 2.24) is 0 Å². The summed E-state index contributed by atoms with van der Waals surface area (Å²) in [7, 11) is -2.77. The Kier molecular flexibility index (Phi) is 5.92. The molecule has 0 radical (unpaired) electrons. The Morgan fingerprint density at radius 3 is 2.50 bits per heavy atom. The van der Waals surface area contributed by atoms with Gasteiger partial charge in [-0.1, -0.05) is 26.8 Å². The Morgan fingerprint density at radius 2 is 1.92 bits per heavy atom. The highest BCUT2D eigenvalue weighted by Crippen LogP contribution is 2.40. The molecule has 0 saturated carbocycles. The smallest absolute Gasteiger partial charge is 0.507 e. The number of phenols is 1. The number of ketones is 1. The lowest BCUT2D eigenvalue weighted by Crippen LogP contribution is -2.15. The number of fused-ring (bicyclic) bond motifs is 1. The van der Waals surface area contributed by atoms with E-state index in [0.717, 1.165) is 47.9 Å². The van der Waals surface area contributed by atoms with Crippen LogP contribution in [0.25, 0.3) is 6.08 Å². The first-order chi connectivity index (χ1) is 11.2. The van der Waals surface area contributed by atoms with Gasteiger partial charge in [0.1, 0.15) is 5.75 Å². The lowest BCUT2D eigenvalue weighted by atomic mass is 9.79. The van der Waals surface area contributed by atoms with Crippen LogP contribution < -0.4 is 0 Å². The Balaban J connectivity index is 2.38. The maximum atomic E-state index is 11.7. The number of rotatable bonds is 5. The molecule has 1 atom stereocenters. The number of benzene rings is 1. The van der Waals surface area contributed by atoms with Gasteiger partial charge in [-0.3, -0.25) is 4.79 Å². The van der Waals surface area contributed by atoms with E-state index < -0.39 is 14.9 Å². The summed E-state index contributed by atoms with van der Waals surface area (Å²) < 4.78 is 14.9. The van der Waals surface area contributed by atoms with Crippen LogP contribution in [0.4, 0.5) is 0 Å². The van der Waals surface area contributed by atoms with E-state index in [2.05, 4.69) is 4.52 Å². The molecule has 1 aromatic carbocycles. The quantitative estimate of drug-likeness (QED) is 0.622. The molecule has 6 heteroatoms. The van der Waals surface area contributed by atoms with Gasteiger partial charge in [-0.15, -0.1) is 9.42 Å². The van der Waals surface area contributed by atoms with Crippen molar-refractivity contribution in [3.63, 3.8) is 0 Å². The summed E-state index contributed by atoms with van der Waals surface area (Å²) in [4.78, 5) is 20.3. The first kappa shape index (κ1) is 18.8. The Hall–Kier alpha value is -1.55. The van der Waals surface area contributed by atoms with E-state index in [4.69, 9.17) is 4.89 Å². The number of carbonyl (C=O) groups is 1. The number of carbonyl (C=O) groups excluding carboxylic acids is 1. The van der Waals surface area contributed by atoms with E-state index in [-0.39, 0.29) is 11.2 Å². The van der Waals surface area contributed by atoms with Gasteiger partial charge in [0.2, 0.25) is 0 Å². The predicted octanol–water partition coefficient (Wildman–Crippen LogP) is 3.82. The van der Waals surface area contributed by atoms with Gasteiger partial charge in [0.25, 0.3) is 0 Å². The van der Waals surface area contributed by atoms with Crippen molar-refractivity contribution in [3.05, 3.63) is 34.4 Å². The molecule has 0 heterocycles. The second-order valence-electron chi connectivity index (χ2n) is 7.09. The van der Waals surface area contributed by atoms with Gasteiger partial charge >= 0.3 is 8.25 Å². The molecule has 1 aliphatic rings. The van der Waals surface area contributed by atoms with Crippen LogP contribution >= 0.6 is 8.25 Å². The molecule has 0 fully saturated rings. The summed E-state index contributed by atoms with van der Waals surface area (Å²) >= 11 is 0. The van der Waals surface area contributed by atoms with Crippen molar-refractivity contribution >= 4 is 20.1 Å². The number of hydrogen-bond donors (Lipinski definition) is 2. The molecule has 0 bridgehead atoms. The maximum absolute atomic E-state index is 11.7. The number of hydrogen-bond acceptors (Lipinski definition) is 4. The average molecular weight is 351 g/mol. The first-order valence-corrected chi connectivity index (χ1v) is 9.21. The molecular formula is C18H24O5P+. The van der Waals surface area contributed by atoms with Gasteiger partial charge in [0.15, 0.2) is 12.4 Å². The zero-order valence-electron chi connectivity index (χ0n) is 14.3. The van der Waals surface area contributed by atoms with Gasteiger partial charge in [-0.25, -0.2) is 0 Å². The molecule has 24 heavy (non-hydrogen) atoms. The minimum absolute atomic E-state index is 0.207. The Morgan fingerprint density at radius 1 is 1.29 bits per heavy atom. The van der Waals surface area contributed by atoms with E-state index in [9.17, 15) is 14.5 Å². The van der Waals surface area contributed by atoms with Crippen LogP contribution in [0, 0.1) is 0 Å². The third-order valence-electron chi connectivity index (χ3n) is 4.23. The molecule has 130 valence electrons. The summed E-state index contributed by atoms with van der Waals surface area (Å²) in [5, 5.41) is 10.6. The van der Waals surface area contributed by atoms with E-state index in [1.807, 2.05) is 26.8 Å². The number of phenolic OH excluding ortho intramolecular Hbond substituents is 1. The van der Waals surface area contributed by atoms with Gasteiger partial charge in [-0.2, -0.15) is 0 Å². The highest BCUT2D eigenvalue weighted by Gasteiger charge is 2.25. The average Bonchev–Trinajstić information content (AvgIpc) is 2.51. The summed E-state index contributed by atoms with van der Waals surface area (Å²) in [5.74, 6) is 0.00336. The minimum atomic E-state index is -2.77. The van der Waals surface area contributed by atoms with Crippen LogP contribution in [0.3, 0.4) is 0 Å². The summed E-state index contributed by atoms with van der Waals surface area (Å²) in [6, 6.07) is 1.94. The van der Waals surface area contributed by atoms with E-state index in [0.29, 0.717) is 5.75 Å². The number of aromatic hydroxyl groups is 1. The fourth-order valence-corrected chi connectivity index (χ4v) is 3.27. The molecule has 2 N–H and O–H groups in total. The molecule has 0 saturated heterocycles. The normalized spacial score (nSPS) is 15.4. The molecular weight excluding hydrogens is 327 g/mol. The summed E-state index contributed by atoms with van der Waals surface area (Å²) in [6.45, 7) is 5.71. The highest BCUT2D eigenvalue weighted by molar-refractivity contribution is 7.32. The molecule has 0 aromatic heterocycles. The van der Waals surface area contributed by atoms with Crippen LogP contribution in [0.5, 0.6) is 5.75 Å². The second-order valence-corrected chi connectivity index (χ2v) is 7.82. The van der Waals surface area contributed by atoms with Gasteiger partial charge in [0, 0.05) is 10.1 Å². The fourth-order valence-electron chi connectivity index (χ4n) is 3.03. The zero-order chi connectivity index (χ0) is 17.9. The van der Waals surface area contributed by atoms with Crippen LogP contribution in [0.2, 0.25) is 0 Å². The first-order valence-electron chi connectivity index (χ1n) is 8.08. The minimum Gasteiger partial charge on any atom is -0.507 e. The largest absolute Gasteiger partial charge is 0.695 e. The van der Waals surface area contributed by atoms with Crippen molar-refractivity contribution in [2.24, 2.45) is 0 Å². The third kappa shape index (κ3) is 4.50. The van der Waals surface area contributed by atoms with Gasteiger partial charge in [0.05, 0.1) is 0 Å². The van der Waals surface area contributed by atoms with Crippen molar-refractivity contribution < 1.29 is 23.9 Å². The molecule has 0 spiro atoms. The third-order valence-corrected chi connectivity index (χ3v) is 4.58. The monoisotopic (exact) mass is 351 g/mol. The van der Waals surface area contributed by atoms with Crippen molar-refractivity contribution in [2.75, 3.05) is 6.61 Å². The molecule has 1 aliphatic carbocycles. The lowest BCUT2D eigenvalue weighted by molar-refractivity contribution is -0.116. The predicted molar refractivity (Wildman–Crippen MR) is 93.3 cm³/mol. The summed E-state index contributed by atoms with van der Waals surface area (Å²) in [5.41, 5.74) is 3.65. The second kappa shape index (κ2) is 7.56. The van der Waals surface area contributed by atoms with E-state index >= 15 is 0 Å². The topological polar surface area (TPSA) is 83.8 Å². The van der Waals surface area contributed by atoms with E-state index in [1.54, 1.807) is 6.08 Å². The Labute approximate surface area is 143 Å². The van der Waals surface area contributed by atoms with Crippen molar-refractivity contribution in [2.45, 2.75) is 51.9 Å². The van der Waals surface area contributed by atoms with Crippen LogP contribution in [0.15, 0.2) is 12.1 Å². The maximum Gasteiger partial charge on any atom is 0.695 e. The van der Waals surface area contributed by atoms with Crippen molar-refractivity contribution in [3.8, 4) is 5.75 Å². The molecule has 5 nitrogen and oxygen atoms in total. The fraction of sp³-hybridized carbons (Fsp3) is 0.500. The highest BCUT2D eigenvalue weighted by atomic mass is 31.1. The van der Waals surface area contributed by atoms with Crippen LogP contribution in [-0.4, -0.2) is 22.4 Å². The SMILES string of the molecule is CC(C)(C)c1cc(C=CC(=O)CO[P+](=O)O)c2c(c1O)CCCC2. The Bertz CT molecular complexity index is 686. The standard InChI is InChI=1S/C18H23O5P/c1-18(2,3)16-10-12(8-9-13(19)11-23-24(21)22)14-6-4-5-7-15(14)17(16)20/h8-10H,4-7,11H2,1-3H3,(H-,19,20,21,22)/p+1. The van der Waals surface area contributed by atoms with Gasteiger partial charge in [-0.05, 0) is 59.9 Å². The van der Waals surface area contributed by atoms with Gasteiger partial charge < -0.3 is 5.11 Å². The molecule has 1 aromatic rings. The zero-order valence-corrected chi connectivity index (χ0v) is 15.2. The van der Waals surface area contributed by atoms with E-state index in [1.165, 1.54) is 6.08 Å². The molecule has 0 amide bonds.